The van der Waals surface area contributed by atoms with Crippen LogP contribution >= 0.6 is 0 Å². The quantitative estimate of drug-likeness (QED) is 0.568. The summed E-state index contributed by atoms with van der Waals surface area (Å²) in [6.07, 6.45) is 6.50. The van der Waals surface area contributed by atoms with E-state index in [9.17, 15) is 4.79 Å². The highest BCUT2D eigenvalue weighted by Gasteiger charge is 2.29. The van der Waals surface area contributed by atoms with Crippen LogP contribution in [0.1, 0.15) is 32.6 Å². The third kappa shape index (κ3) is 1.92. The summed E-state index contributed by atoms with van der Waals surface area (Å²) in [6.45, 7) is 5.42. The van der Waals surface area contributed by atoms with Crippen molar-refractivity contribution in [1.29, 1.82) is 0 Å². The van der Waals surface area contributed by atoms with Crippen molar-refractivity contribution in [2.45, 2.75) is 32.6 Å². The average Bonchev–Trinajstić information content (AvgIpc) is 2.36. The molecule has 1 fully saturated rings. The first-order chi connectivity index (χ1) is 5.25. The zero-order valence-electron chi connectivity index (χ0n) is 7.18. The van der Waals surface area contributed by atoms with Crippen molar-refractivity contribution in [3.05, 3.63) is 12.7 Å². The topological polar surface area (TPSA) is 17.1 Å². The summed E-state index contributed by atoms with van der Waals surface area (Å²) in [6, 6.07) is 0. The van der Waals surface area contributed by atoms with Crippen LogP contribution in [0.4, 0.5) is 0 Å². The summed E-state index contributed by atoms with van der Waals surface area (Å²) in [5.74, 6) is 1.31. The molecule has 1 heteroatoms. The van der Waals surface area contributed by atoms with Crippen LogP contribution < -0.4 is 0 Å². The van der Waals surface area contributed by atoms with Gasteiger partial charge in [-0.05, 0) is 32.1 Å². The Hall–Kier alpha value is -0.590. The van der Waals surface area contributed by atoms with Crippen molar-refractivity contribution >= 4 is 5.78 Å². The molecule has 0 heterocycles. The minimum absolute atomic E-state index is 0.341. The Morgan fingerprint density at radius 3 is 2.91 bits per heavy atom. The van der Waals surface area contributed by atoms with Crippen molar-refractivity contribution in [2.24, 2.45) is 11.8 Å². The van der Waals surface area contributed by atoms with E-state index < -0.39 is 0 Å². The van der Waals surface area contributed by atoms with Crippen molar-refractivity contribution in [2.75, 3.05) is 0 Å². The number of carbonyl (C=O) groups is 1. The number of hydrogen-bond acceptors (Lipinski definition) is 1. The summed E-state index contributed by atoms with van der Waals surface area (Å²) in [5.41, 5.74) is 0. The Morgan fingerprint density at radius 1 is 1.64 bits per heavy atom. The van der Waals surface area contributed by atoms with Gasteiger partial charge in [-0.1, -0.05) is 12.5 Å². The molecule has 0 amide bonds. The van der Waals surface area contributed by atoms with Gasteiger partial charge in [0, 0.05) is 5.92 Å². The van der Waals surface area contributed by atoms with E-state index in [4.69, 9.17) is 0 Å². The van der Waals surface area contributed by atoms with Gasteiger partial charge in [-0.25, -0.2) is 0 Å². The van der Waals surface area contributed by atoms with Crippen LogP contribution in [0.15, 0.2) is 12.7 Å². The second-order valence-electron chi connectivity index (χ2n) is 3.43. The zero-order valence-corrected chi connectivity index (χ0v) is 7.18. The Bertz CT molecular complexity index is 160. The molecule has 1 saturated carbocycles. The van der Waals surface area contributed by atoms with Gasteiger partial charge >= 0.3 is 0 Å². The highest BCUT2D eigenvalue weighted by Crippen LogP contribution is 2.34. The van der Waals surface area contributed by atoms with Crippen LogP contribution in [-0.2, 0) is 4.79 Å². The normalized spacial score (nSPS) is 30.3. The fraction of sp³-hybridized carbons (Fsp3) is 0.700. The second-order valence-corrected chi connectivity index (χ2v) is 3.43. The third-order valence-corrected chi connectivity index (χ3v) is 2.65. The van der Waals surface area contributed by atoms with Gasteiger partial charge in [-0.15, -0.1) is 6.58 Å². The van der Waals surface area contributed by atoms with Gasteiger partial charge in [0.1, 0.15) is 5.78 Å². The van der Waals surface area contributed by atoms with Gasteiger partial charge in [0.15, 0.2) is 0 Å². The van der Waals surface area contributed by atoms with Crippen LogP contribution in [-0.4, -0.2) is 5.78 Å². The van der Waals surface area contributed by atoms with Gasteiger partial charge < -0.3 is 0 Å². The minimum atomic E-state index is 0.341. The van der Waals surface area contributed by atoms with E-state index in [2.05, 4.69) is 6.58 Å². The molecule has 0 aromatic heterocycles. The molecule has 0 N–H and O–H groups in total. The molecule has 2 atom stereocenters. The summed E-state index contributed by atoms with van der Waals surface area (Å²) >= 11 is 0. The lowest BCUT2D eigenvalue weighted by Crippen LogP contribution is -2.15. The molecular formula is C10H16O. The highest BCUT2D eigenvalue weighted by molar-refractivity contribution is 5.78. The summed E-state index contributed by atoms with van der Waals surface area (Å²) < 4.78 is 0. The zero-order chi connectivity index (χ0) is 8.27. The molecule has 0 aliphatic heterocycles. The monoisotopic (exact) mass is 152 g/mol. The maximum atomic E-state index is 11.1. The second kappa shape index (κ2) is 3.70. The molecule has 0 spiro atoms. The maximum absolute atomic E-state index is 11.1. The van der Waals surface area contributed by atoms with Gasteiger partial charge in [0.25, 0.3) is 0 Å². The Balaban J connectivity index is 2.50. The molecule has 11 heavy (non-hydrogen) atoms. The largest absolute Gasteiger partial charge is 0.300 e. The molecule has 1 aliphatic rings. The molecule has 0 aromatic rings. The van der Waals surface area contributed by atoms with Crippen molar-refractivity contribution < 1.29 is 4.79 Å². The van der Waals surface area contributed by atoms with E-state index >= 15 is 0 Å². The van der Waals surface area contributed by atoms with Crippen molar-refractivity contribution in [3.63, 3.8) is 0 Å². The minimum Gasteiger partial charge on any atom is -0.300 e. The molecule has 0 unspecified atom stereocenters. The van der Waals surface area contributed by atoms with Crippen LogP contribution in [0.2, 0.25) is 0 Å². The van der Waals surface area contributed by atoms with E-state index in [1.165, 1.54) is 12.8 Å². The van der Waals surface area contributed by atoms with Crippen LogP contribution in [0.5, 0.6) is 0 Å². The summed E-state index contributed by atoms with van der Waals surface area (Å²) in [7, 11) is 0. The highest BCUT2D eigenvalue weighted by atomic mass is 16.1. The Morgan fingerprint density at radius 2 is 2.36 bits per heavy atom. The predicted molar refractivity (Wildman–Crippen MR) is 46.3 cm³/mol. The number of carbonyl (C=O) groups excluding carboxylic acids is 1. The van der Waals surface area contributed by atoms with Crippen LogP contribution in [0.3, 0.4) is 0 Å². The van der Waals surface area contributed by atoms with Crippen LogP contribution in [0, 0.1) is 11.8 Å². The number of Topliss-reactive ketones (excluding diaryl/α,β-unsaturated/α-hetero) is 1. The van der Waals surface area contributed by atoms with E-state index in [1.54, 1.807) is 6.92 Å². The molecular weight excluding hydrogens is 136 g/mol. The standard InChI is InChI=1S/C10H16O/c1-3-5-9-6-4-7-10(9)8(2)11/h3,9-10H,1,4-7H2,2H3/t9-,10+/m1/s1. The van der Waals surface area contributed by atoms with Gasteiger partial charge in [0.2, 0.25) is 0 Å². The Kier molecular flexibility index (Phi) is 2.86. The number of ketones is 1. The third-order valence-electron chi connectivity index (χ3n) is 2.65. The smallest absolute Gasteiger partial charge is 0.133 e. The molecule has 0 bridgehead atoms. The maximum Gasteiger partial charge on any atom is 0.133 e. The molecule has 62 valence electrons. The lowest BCUT2D eigenvalue weighted by Gasteiger charge is -2.13. The lowest BCUT2D eigenvalue weighted by atomic mass is 9.90. The van der Waals surface area contributed by atoms with E-state index in [0.717, 1.165) is 12.8 Å². The van der Waals surface area contributed by atoms with E-state index in [1.807, 2.05) is 6.08 Å². The molecule has 1 nitrogen and oxygen atoms in total. The average molecular weight is 152 g/mol. The van der Waals surface area contributed by atoms with Gasteiger partial charge in [-0.3, -0.25) is 4.79 Å². The molecule has 0 radical (unpaired) electrons. The molecule has 0 saturated heterocycles. The fourth-order valence-corrected chi connectivity index (χ4v) is 2.07. The molecule has 1 aliphatic carbocycles. The summed E-state index contributed by atoms with van der Waals surface area (Å²) in [5, 5.41) is 0. The first-order valence-electron chi connectivity index (χ1n) is 4.37. The van der Waals surface area contributed by atoms with E-state index in [0.29, 0.717) is 17.6 Å². The summed E-state index contributed by atoms with van der Waals surface area (Å²) in [4.78, 5) is 11.1. The molecule has 0 aromatic carbocycles. The SMILES string of the molecule is C=CC[C@@H]1CCC[C@H]1C(C)=O. The number of rotatable bonds is 3. The van der Waals surface area contributed by atoms with E-state index in [-0.39, 0.29) is 0 Å². The number of allylic oxidation sites excluding steroid dienone is 1. The Labute approximate surface area is 68.5 Å². The van der Waals surface area contributed by atoms with Crippen molar-refractivity contribution in [1.82, 2.24) is 0 Å². The van der Waals surface area contributed by atoms with Gasteiger partial charge in [0.05, 0.1) is 0 Å². The lowest BCUT2D eigenvalue weighted by molar-refractivity contribution is -0.121. The van der Waals surface area contributed by atoms with Gasteiger partial charge in [-0.2, -0.15) is 0 Å². The first kappa shape index (κ1) is 8.51. The predicted octanol–water partition coefficient (Wildman–Crippen LogP) is 2.57. The van der Waals surface area contributed by atoms with Crippen molar-refractivity contribution in [3.8, 4) is 0 Å². The number of hydrogen-bond donors (Lipinski definition) is 0. The first-order valence-corrected chi connectivity index (χ1v) is 4.37. The fourth-order valence-electron chi connectivity index (χ4n) is 2.07. The van der Waals surface area contributed by atoms with Crippen LogP contribution in [0.25, 0.3) is 0 Å². The molecule has 1 rings (SSSR count).